The summed E-state index contributed by atoms with van der Waals surface area (Å²) in [6, 6.07) is 10.5. The molecular formula is C14H19NS. The van der Waals surface area contributed by atoms with Gasteiger partial charge in [0.1, 0.15) is 0 Å². The zero-order chi connectivity index (χ0) is 11.6. The first-order chi connectivity index (χ1) is 7.86. The number of likely N-dealkylation sites (N-methyl/N-ethyl adjacent to an activating group) is 1. The summed E-state index contributed by atoms with van der Waals surface area (Å²) in [6.45, 7) is 2.14. The van der Waals surface area contributed by atoms with Gasteiger partial charge in [0.25, 0.3) is 0 Å². The minimum Gasteiger partial charge on any atom is -0.388 e. The van der Waals surface area contributed by atoms with Gasteiger partial charge in [-0.15, -0.1) is 11.8 Å². The molecule has 0 amide bonds. The lowest BCUT2D eigenvalue weighted by Crippen LogP contribution is -2.02. The van der Waals surface area contributed by atoms with Crippen molar-refractivity contribution in [2.45, 2.75) is 18.2 Å². The molecule has 0 atom stereocenters. The maximum absolute atomic E-state index is 3.17. The summed E-state index contributed by atoms with van der Waals surface area (Å²) in [5, 5.41) is 3.17. The van der Waals surface area contributed by atoms with Crippen LogP contribution in [0.15, 0.2) is 59.2 Å². The van der Waals surface area contributed by atoms with Crippen molar-refractivity contribution in [1.82, 2.24) is 5.32 Å². The lowest BCUT2D eigenvalue weighted by molar-refractivity contribution is 1.01. The second kappa shape index (κ2) is 8.05. The van der Waals surface area contributed by atoms with E-state index in [4.69, 9.17) is 0 Å². The van der Waals surface area contributed by atoms with E-state index in [1.54, 1.807) is 0 Å². The molecule has 86 valence electrons. The Kier molecular flexibility index (Phi) is 6.50. The quantitative estimate of drug-likeness (QED) is 0.591. The number of nitrogens with one attached hydrogen (secondary N) is 1. The van der Waals surface area contributed by atoms with Crippen molar-refractivity contribution < 1.29 is 0 Å². The van der Waals surface area contributed by atoms with E-state index in [2.05, 4.69) is 54.7 Å². The van der Waals surface area contributed by atoms with Crippen LogP contribution in [0, 0.1) is 0 Å². The van der Waals surface area contributed by atoms with E-state index in [0.29, 0.717) is 0 Å². The fourth-order valence-corrected chi connectivity index (χ4v) is 2.04. The van der Waals surface area contributed by atoms with Gasteiger partial charge in [0, 0.05) is 23.4 Å². The molecule has 0 aromatic heterocycles. The number of thioether (sulfide) groups is 1. The SMILES string of the molecule is CC/C=C(\C=C/CSc1ccccc1)NC. The Labute approximate surface area is 103 Å². The van der Waals surface area contributed by atoms with Crippen LogP contribution in [-0.4, -0.2) is 12.8 Å². The normalized spacial score (nSPS) is 12.0. The van der Waals surface area contributed by atoms with Gasteiger partial charge < -0.3 is 5.32 Å². The number of allylic oxidation sites excluding steroid dienone is 2. The van der Waals surface area contributed by atoms with Crippen molar-refractivity contribution in [3.8, 4) is 0 Å². The van der Waals surface area contributed by atoms with Crippen molar-refractivity contribution in [3.63, 3.8) is 0 Å². The molecular weight excluding hydrogens is 214 g/mol. The van der Waals surface area contributed by atoms with Crippen LogP contribution < -0.4 is 5.32 Å². The summed E-state index contributed by atoms with van der Waals surface area (Å²) < 4.78 is 0. The van der Waals surface area contributed by atoms with E-state index in [-0.39, 0.29) is 0 Å². The van der Waals surface area contributed by atoms with Gasteiger partial charge in [0.2, 0.25) is 0 Å². The predicted octanol–water partition coefficient (Wildman–Crippen LogP) is 3.85. The summed E-state index contributed by atoms with van der Waals surface area (Å²) in [6.07, 6.45) is 7.57. The van der Waals surface area contributed by atoms with Crippen molar-refractivity contribution in [1.29, 1.82) is 0 Å². The molecule has 0 aliphatic heterocycles. The monoisotopic (exact) mass is 233 g/mol. The van der Waals surface area contributed by atoms with Gasteiger partial charge in [-0.3, -0.25) is 0 Å². The standard InChI is InChI=1S/C14H19NS/c1-3-8-13(15-2)9-7-12-16-14-10-5-4-6-11-14/h4-11,15H,3,12H2,1-2H3/b9-7-,13-8+. The van der Waals surface area contributed by atoms with Crippen LogP contribution >= 0.6 is 11.8 Å². The average Bonchev–Trinajstić information content (AvgIpc) is 2.34. The van der Waals surface area contributed by atoms with Crippen LogP contribution in [0.1, 0.15) is 13.3 Å². The predicted molar refractivity (Wildman–Crippen MR) is 73.7 cm³/mol. The van der Waals surface area contributed by atoms with Crippen LogP contribution in [0.3, 0.4) is 0 Å². The first kappa shape index (κ1) is 12.9. The molecule has 0 saturated carbocycles. The molecule has 1 aromatic carbocycles. The Hall–Kier alpha value is -1.15. The Bertz CT molecular complexity index is 341. The summed E-state index contributed by atoms with van der Waals surface area (Å²) in [5.41, 5.74) is 1.19. The highest BCUT2D eigenvalue weighted by atomic mass is 32.2. The number of rotatable bonds is 6. The lowest BCUT2D eigenvalue weighted by atomic mass is 10.3. The molecule has 0 heterocycles. The minimum atomic E-state index is 1.01. The Morgan fingerprint density at radius 2 is 2.06 bits per heavy atom. The Balaban J connectivity index is 2.35. The van der Waals surface area contributed by atoms with Gasteiger partial charge in [-0.25, -0.2) is 0 Å². The summed E-state index contributed by atoms with van der Waals surface area (Å²) >= 11 is 1.85. The zero-order valence-electron chi connectivity index (χ0n) is 9.94. The zero-order valence-corrected chi connectivity index (χ0v) is 10.8. The molecule has 0 bridgehead atoms. The Morgan fingerprint density at radius 1 is 1.31 bits per heavy atom. The smallest absolute Gasteiger partial charge is 0.0293 e. The third-order valence-corrected chi connectivity index (χ3v) is 3.06. The molecule has 1 rings (SSSR count). The van der Waals surface area contributed by atoms with E-state index in [0.717, 1.165) is 12.2 Å². The molecule has 0 aliphatic carbocycles. The third kappa shape index (κ3) is 5.08. The van der Waals surface area contributed by atoms with E-state index in [1.807, 2.05) is 24.9 Å². The highest BCUT2D eigenvalue weighted by molar-refractivity contribution is 7.99. The maximum atomic E-state index is 3.17. The fourth-order valence-electron chi connectivity index (χ4n) is 1.31. The van der Waals surface area contributed by atoms with Gasteiger partial charge >= 0.3 is 0 Å². The number of hydrogen-bond donors (Lipinski definition) is 1. The molecule has 0 saturated heterocycles. The van der Waals surface area contributed by atoms with Gasteiger partial charge in [-0.05, 0) is 24.6 Å². The first-order valence-corrected chi connectivity index (χ1v) is 6.57. The molecule has 1 aromatic rings. The average molecular weight is 233 g/mol. The number of benzene rings is 1. The molecule has 1 N–H and O–H groups in total. The topological polar surface area (TPSA) is 12.0 Å². The molecule has 1 nitrogen and oxygen atoms in total. The van der Waals surface area contributed by atoms with Crippen LogP contribution in [-0.2, 0) is 0 Å². The fraction of sp³-hybridized carbons (Fsp3) is 0.286. The van der Waals surface area contributed by atoms with Crippen molar-refractivity contribution in [2.24, 2.45) is 0 Å². The van der Waals surface area contributed by atoms with E-state index in [9.17, 15) is 0 Å². The molecule has 0 spiro atoms. The van der Waals surface area contributed by atoms with Crippen LogP contribution in [0.4, 0.5) is 0 Å². The second-order valence-electron chi connectivity index (χ2n) is 3.34. The Morgan fingerprint density at radius 3 is 2.69 bits per heavy atom. The lowest BCUT2D eigenvalue weighted by Gasteiger charge is -2.00. The largest absolute Gasteiger partial charge is 0.388 e. The highest BCUT2D eigenvalue weighted by Gasteiger charge is 1.89. The van der Waals surface area contributed by atoms with Crippen molar-refractivity contribution in [2.75, 3.05) is 12.8 Å². The molecule has 0 fully saturated rings. The molecule has 0 aliphatic rings. The van der Waals surface area contributed by atoms with Crippen molar-refractivity contribution in [3.05, 3.63) is 54.3 Å². The second-order valence-corrected chi connectivity index (χ2v) is 4.44. The molecule has 2 heteroatoms. The van der Waals surface area contributed by atoms with Crippen molar-refractivity contribution >= 4 is 11.8 Å². The van der Waals surface area contributed by atoms with E-state index < -0.39 is 0 Å². The molecule has 0 unspecified atom stereocenters. The van der Waals surface area contributed by atoms with Crippen LogP contribution in [0.5, 0.6) is 0 Å². The highest BCUT2D eigenvalue weighted by Crippen LogP contribution is 2.16. The number of hydrogen-bond acceptors (Lipinski definition) is 2. The molecule has 0 radical (unpaired) electrons. The first-order valence-electron chi connectivity index (χ1n) is 5.59. The summed E-state index contributed by atoms with van der Waals surface area (Å²) in [7, 11) is 1.95. The maximum Gasteiger partial charge on any atom is 0.0293 e. The minimum absolute atomic E-state index is 1.01. The van der Waals surface area contributed by atoms with Gasteiger partial charge in [-0.1, -0.05) is 37.3 Å². The third-order valence-electron chi connectivity index (χ3n) is 2.10. The van der Waals surface area contributed by atoms with E-state index in [1.165, 1.54) is 10.6 Å². The summed E-state index contributed by atoms with van der Waals surface area (Å²) in [5.74, 6) is 1.01. The van der Waals surface area contributed by atoms with E-state index >= 15 is 0 Å². The van der Waals surface area contributed by atoms with Crippen LogP contribution in [0.25, 0.3) is 0 Å². The van der Waals surface area contributed by atoms with Gasteiger partial charge in [0.15, 0.2) is 0 Å². The summed E-state index contributed by atoms with van der Waals surface area (Å²) in [4.78, 5) is 1.32. The molecule has 16 heavy (non-hydrogen) atoms. The van der Waals surface area contributed by atoms with Gasteiger partial charge in [-0.2, -0.15) is 0 Å². The van der Waals surface area contributed by atoms with Crippen LogP contribution in [0.2, 0.25) is 0 Å². The van der Waals surface area contributed by atoms with Gasteiger partial charge in [0.05, 0.1) is 0 Å².